The van der Waals surface area contributed by atoms with E-state index in [4.69, 9.17) is 4.65 Å². The molecule has 176 valence electrons. The number of carbonyl (C=O) groups is 1. The summed E-state index contributed by atoms with van der Waals surface area (Å²) in [5.74, 6) is -0.504. The van der Waals surface area contributed by atoms with Gasteiger partial charge in [0.15, 0.2) is 0 Å². The first kappa shape index (κ1) is 22.8. The Balaban J connectivity index is 1.72. The van der Waals surface area contributed by atoms with Crippen molar-refractivity contribution < 1.29 is 17.9 Å². The summed E-state index contributed by atoms with van der Waals surface area (Å²) in [4.78, 5) is 15.7. The Bertz CT molecular complexity index is 1260. The molecule has 2 heterocycles. The van der Waals surface area contributed by atoms with Crippen molar-refractivity contribution in [1.29, 1.82) is 0 Å². The number of carbonyl (C=O) groups excluding carboxylic acids is 1. The lowest BCUT2D eigenvalue weighted by Crippen LogP contribution is -2.73. The van der Waals surface area contributed by atoms with Gasteiger partial charge in [-0.05, 0) is 57.0 Å². The third kappa shape index (κ3) is 3.85. The summed E-state index contributed by atoms with van der Waals surface area (Å²) in [6.45, 7) is 0.794. The van der Waals surface area contributed by atoms with Crippen LogP contribution in [0.2, 0.25) is 0 Å². The van der Waals surface area contributed by atoms with Gasteiger partial charge in [0, 0.05) is 0 Å². The minimum atomic E-state index is -4.08. The van der Waals surface area contributed by atoms with Crippen LogP contribution in [-0.2, 0) is 25.9 Å². The molecule has 0 spiro atoms. The van der Waals surface area contributed by atoms with Crippen LogP contribution in [-0.4, -0.2) is 49.2 Å². The van der Waals surface area contributed by atoms with E-state index in [0.717, 1.165) is 24.0 Å². The minimum absolute atomic E-state index is 0.163. The molecule has 0 radical (unpaired) electrons. The molecule has 1 unspecified atom stereocenters. The fourth-order valence-electron chi connectivity index (χ4n) is 5.30. The maximum atomic E-state index is 14.3. The van der Waals surface area contributed by atoms with Gasteiger partial charge in [0.05, 0.1) is 10.9 Å². The molecule has 6 nitrogen and oxygen atoms in total. The van der Waals surface area contributed by atoms with Crippen molar-refractivity contribution in [3.8, 4) is 0 Å². The van der Waals surface area contributed by atoms with Gasteiger partial charge in [-0.1, -0.05) is 78.4 Å². The van der Waals surface area contributed by atoms with Gasteiger partial charge in [-0.2, -0.15) is 0 Å². The number of benzene rings is 3. The molecule has 5 rings (SSSR count). The highest BCUT2D eigenvalue weighted by Crippen LogP contribution is 2.37. The van der Waals surface area contributed by atoms with Crippen LogP contribution in [0.4, 0.5) is 0 Å². The summed E-state index contributed by atoms with van der Waals surface area (Å²) in [6.07, 6.45) is 2.10. The Morgan fingerprint density at radius 3 is 2.09 bits per heavy atom. The molecular formula is C26H28BN2O4S-. The van der Waals surface area contributed by atoms with Gasteiger partial charge < -0.3 is 9.47 Å². The fraction of sp³-hybridized carbons (Fsp3) is 0.269. The van der Waals surface area contributed by atoms with Gasteiger partial charge in [0.1, 0.15) is 0 Å². The second-order valence-electron chi connectivity index (χ2n) is 9.15. The lowest BCUT2D eigenvalue weighted by Gasteiger charge is -2.50. The molecule has 0 aromatic heterocycles. The standard InChI is InChI=1S/C26H28BN2O4S/c1-21-14-16-24(17-15-21)34(31,32)29-25(20-22-10-4-2-5-11-22)26(30)33-27(29,28-18-8-9-19-28)23-12-6-3-7-13-23/h2-7,10-17,25H,8-9,18-20H2,1H3/q-1/t25-,27?/m0/s1. The molecule has 2 saturated heterocycles. The maximum absolute atomic E-state index is 14.3. The normalized spacial score (nSPS) is 23.8. The lowest BCUT2D eigenvalue weighted by atomic mass is 9.56. The monoisotopic (exact) mass is 475 g/mol. The van der Waals surface area contributed by atoms with E-state index in [-0.39, 0.29) is 11.3 Å². The topological polar surface area (TPSA) is 66.9 Å². The number of sulfonamides is 1. The second-order valence-corrected chi connectivity index (χ2v) is 11.0. The highest BCUT2D eigenvalue weighted by Gasteiger charge is 2.58. The Morgan fingerprint density at radius 1 is 0.882 bits per heavy atom. The average molecular weight is 475 g/mol. The molecule has 2 fully saturated rings. The smallest absolute Gasteiger partial charge is 0.357 e. The average Bonchev–Trinajstić information content (AvgIpc) is 3.49. The van der Waals surface area contributed by atoms with Crippen molar-refractivity contribution >= 4 is 28.1 Å². The maximum Gasteiger partial charge on any atom is 0.357 e. The van der Waals surface area contributed by atoms with E-state index >= 15 is 0 Å². The van der Waals surface area contributed by atoms with Crippen molar-refractivity contribution in [3.63, 3.8) is 0 Å². The quantitative estimate of drug-likeness (QED) is 0.513. The van der Waals surface area contributed by atoms with Gasteiger partial charge in [0.25, 0.3) is 5.97 Å². The summed E-state index contributed by atoms with van der Waals surface area (Å²) >= 11 is 0. The molecule has 3 aromatic rings. The molecule has 0 N–H and O–H groups in total. The number of rotatable bonds is 6. The highest BCUT2D eigenvalue weighted by molar-refractivity contribution is 7.90. The number of aryl methyl sites for hydroxylation is 1. The van der Waals surface area contributed by atoms with E-state index < -0.39 is 28.7 Å². The van der Waals surface area contributed by atoms with E-state index in [1.807, 2.05) is 67.6 Å². The van der Waals surface area contributed by atoms with Crippen molar-refractivity contribution in [2.45, 2.75) is 37.1 Å². The molecule has 0 amide bonds. The molecule has 0 aliphatic carbocycles. The third-order valence-corrected chi connectivity index (χ3v) is 8.91. The Morgan fingerprint density at radius 2 is 1.47 bits per heavy atom. The van der Waals surface area contributed by atoms with Gasteiger partial charge in [-0.15, -0.1) is 5.46 Å². The molecule has 2 aliphatic rings. The van der Waals surface area contributed by atoms with Gasteiger partial charge in [-0.3, -0.25) is 9.01 Å². The van der Waals surface area contributed by atoms with Crippen LogP contribution in [0.25, 0.3) is 0 Å². The van der Waals surface area contributed by atoms with Crippen LogP contribution in [0.3, 0.4) is 0 Å². The molecule has 8 heteroatoms. The number of hydrogen-bond acceptors (Lipinski definition) is 5. The molecule has 2 aliphatic heterocycles. The first-order chi connectivity index (χ1) is 16.4. The van der Waals surface area contributed by atoms with E-state index in [1.165, 1.54) is 4.22 Å². The first-order valence-electron chi connectivity index (χ1n) is 11.8. The molecule has 2 atom stereocenters. The number of nitrogens with zero attached hydrogens (tertiary/aromatic N) is 2. The van der Waals surface area contributed by atoms with Crippen LogP contribution in [0.15, 0.2) is 89.8 Å². The van der Waals surface area contributed by atoms with Gasteiger partial charge >= 0.3 is 6.62 Å². The SMILES string of the molecule is Cc1ccc(S(=O)(=O)N2[C@@H](Cc3ccccc3)C(=O)O[B-]2(c2ccccc2)N2CCCC2)cc1. The van der Waals surface area contributed by atoms with E-state index in [9.17, 15) is 13.2 Å². The van der Waals surface area contributed by atoms with Gasteiger partial charge in [-0.25, -0.2) is 8.42 Å². The van der Waals surface area contributed by atoms with Crippen LogP contribution >= 0.6 is 0 Å². The zero-order chi connectivity index (χ0) is 23.8. The van der Waals surface area contributed by atoms with E-state index in [2.05, 4.69) is 4.81 Å². The zero-order valence-corrected chi connectivity index (χ0v) is 20.0. The predicted molar refractivity (Wildman–Crippen MR) is 133 cm³/mol. The van der Waals surface area contributed by atoms with Crippen LogP contribution in [0, 0.1) is 6.92 Å². The van der Waals surface area contributed by atoms with Crippen molar-refractivity contribution in [2.24, 2.45) is 0 Å². The summed E-state index contributed by atoms with van der Waals surface area (Å²) in [5, 5.41) is 0. The first-order valence-corrected chi connectivity index (χ1v) is 13.2. The zero-order valence-electron chi connectivity index (χ0n) is 19.2. The van der Waals surface area contributed by atoms with Crippen LogP contribution < -0.4 is 5.46 Å². The van der Waals surface area contributed by atoms with Crippen molar-refractivity contribution in [1.82, 2.24) is 9.03 Å². The predicted octanol–water partition coefficient (Wildman–Crippen LogP) is 3.10. The minimum Gasteiger partial charge on any atom is -0.657 e. The Kier molecular flexibility index (Phi) is 6.06. The molecule has 0 saturated carbocycles. The molecule has 0 bridgehead atoms. The molecule has 3 aromatic carbocycles. The summed E-state index contributed by atoms with van der Waals surface area (Å²) in [7, 11) is -4.08. The molecule has 34 heavy (non-hydrogen) atoms. The second kappa shape index (κ2) is 9.02. The largest absolute Gasteiger partial charge is 0.657 e. The van der Waals surface area contributed by atoms with Crippen LogP contribution in [0.1, 0.15) is 24.0 Å². The summed E-state index contributed by atoms with van der Waals surface area (Å²) < 4.78 is 36.3. The fourth-order valence-corrected chi connectivity index (χ4v) is 7.19. The Labute approximate surface area is 201 Å². The summed E-state index contributed by atoms with van der Waals surface area (Å²) in [6, 6.07) is 24.7. The van der Waals surface area contributed by atoms with Crippen LogP contribution in [0.5, 0.6) is 0 Å². The van der Waals surface area contributed by atoms with Crippen molar-refractivity contribution in [3.05, 3.63) is 96.1 Å². The highest BCUT2D eigenvalue weighted by atomic mass is 32.2. The van der Waals surface area contributed by atoms with Crippen molar-refractivity contribution in [2.75, 3.05) is 13.1 Å². The van der Waals surface area contributed by atoms with E-state index in [1.54, 1.807) is 24.3 Å². The summed E-state index contributed by atoms with van der Waals surface area (Å²) in [5.41, 5.74) is 2.55. The molecular weight excluding hydrogens is 447 g/mol. The Hall–Kier alpha value is -2.94. The number of hydrogen-bond donors (Lipinski definition) is 0. The van der Waals surface area contributed by atoms with E-state index in [0.29, 0.717) is 18.6 Å². The third-order valence-electron chi connectivity index (χ3n) is 6.94. The lowest BCUT2D eigenvalue weighted by molar-refractivity contribution is -0.135. The van der Waals surface area contributed by atoms with Gasteiger partial charge in [0.2, 0.25) is 10.0 Å².